The molecule has 2 amide bonds. The summed E-state index contributed by atoms with van der Waals surface area (Å²) in [5.41, 5.74) is 0. The molecule has 0 saturated carbocycles. The molecule has 0 unspecified atom stereocenters. The lowest BCUT2D eigenvalue weighted by atomic mass is 10.3. The molecule has 5 heteroatoms. The van der Waals surface area contributed by atoms with E-state index in [1.54, 1.807) is 11.0 Å². The van der Waals surface area contributed by atoms with E-state index in [0.29, 0.717) is 11.4 Å². The van der Waals surface area contributed by atoms with Gasteiger partial charge in [0.25, 0.3) is 5.91 Å². The zero-order valence-electron chi connectivity index (χ0n) is 10.4. The summed E-state index contributed by atoms with van der Waals surface area (Å²) in [6.45, 7) is 6.31. The highest BCUT2D eigenvalue weighted by atomic mass is 32.1. The van der Waals surface area contributed by atoms with E-state index in [1.165, 1.54) is 11.3 Å². The minimum Gasteiger partial charge on any atom is -0.352 e. The van der Waals surface area contributed by atoms with Crippen molar-refractivity contribution in [3.63, 3.8) is 0 Å². The third-order valence-corrected chi connectivity index (χ3v) is 3.04. The summed E-state index contributed by atoms with van der Waals surface area (Å²) in [4.78, 5) is 25.8. The van der Waals surface area contributed by atoms with Crippen molar-refractivity contribution in [2.75, 3.05) is 13.1 Å². The van der Waals surface area contributed by atoms with Crippen LogP contribution in [0.2, 0.25) is 0 Å². The molecule has 17 heavy (non-hydrogen) atoms. The summed E-state index contributed by atoms with van der Waals surface area (Å²) in [5, 5.41) is 4.63. The predicted octanol–water partition coefficient (Wildman–Crippen LogP) is 1.73. The maximum atomic E-state index is 12.0. The number of amides is 2. The Hall–Kier alpha value is -1.36. The van der Waals surface area contributed by atoms with Crippen LogP contribution in [0.5, 0.6) is 0 Å². The molecule has 1 N–H and O–H groups in total. The third kappa shape index (κ3) is 4.19. The molecule has 0 aliphatic carbocycles. The highest BCUT2D eigenvalue weighted by molar-refractivity contribution is 7.12. The minimum absolute atomic E-state index is 0.0820. The van der Waals surface area contributed by atoms with E-state index in [2.05, 4.69) is 5.32 Å². The standard InChI is InChI=1S/C12H18N2O2S/c1-4-14(8-11(15)13-9(2)3)12(16)10-6-5-7-17-10/h5-7,9H,4,8H2,1-3H3,(H,13,15). The normalized spacial score (nSPS) is 10.4. The molecule has 0 fully saturated rings. The molecule has 0 aliphatic rings. The zero-order chi connectivity index (χ0) is 12.8. The number of carbonyl (C=O) groups excluding carboxylic acids is 2. The topological polar surface area (TPSA) is 49.4 Å². The monoisotopic (exact) mass is 254 g/mol. The molecule has 1 rings (SSSR count). The Morgan fingerprint density at radius 1 is 1.47 bits per heavy atom. The quantitative estimate of drug-likeness (QED) is 0.870. The van der Waals surface area contributed by atoms with Gasteiger partial charge in [0.05, 0.1) is 11.4 Å². The smallest absolute Gasteiger partial charge is 0.264 e. The van der Waals surface area contributed by atoms with Gasteiger partial charge >= 0.3 is 0 Å². The van der Waals surface area contributed by atoms with Crippen molar-refractivity contribution in [2.45, 2.75) is 26.8 Å². The zero-order valence-corrected chi connectivity index (χ0v) is 11.2. The van der Waals surface area contributed by atoms with Crippen LogP contribution in [0, 0.1) is 0 Å². The lowest BCUT2D eigenvalue weighted by Crippen LogP contribution is -2.42. The van der Waals surface area contributed by atoms with E-state index in [-0.39, 0.29) is 24.4 Å². The van der Waals surface area contributed by atoms with E-state index < -0.39 is 0 Å². The lowest BCUT2D eigenvalue weighted by molar-refractivity contribution is -0.122. The van der Waals surface area contributed by atoms with Crippen LogP contribution in [0.25, 0.3) is 0 Å². The van der Waals surface area contributed by atoms with Gasteiger partial charge in [-0.25, -0.2) is 0 Å². The van der Waals surface area contributed by atoms with E-state index in [4.69, 9.17) is 0 Å². The number of thiophene rings is 1. The van der Waals surface area contributed by atoms with Crippen molar-refractivity contribution in [3.8, 4) is 0 Å². The number of hydrogen-bond acceptors (Lipinski definition) is 3. The summed E-state index contributed by atoms with van der Waals surface area (Å²) >= 11 is 1.39. The Morgan fingerprint density at radius 2 is 2.18 bits per heavy atom. The summed E-state index contributed by atoms with van der Waals surface area (Å²) < 4.78 is 0. The van der Waals surface area contributed by atoms with Crippen molar-refractivity contribution in [3.05, 3.63) is 22.4 Å². The first kappa shape index (κ1) is 13.7. The van der Waals surface area contributed by atoms with Crippen LogP contribution in [0.4, 0.5) is 0 Å². The summed E-state index contributed by atoms with van der Waals surface area (Å²) in [7, 11) is 0. The average Bonchev–Trinajstić information content (AvgIpc) is 2.77. The average molecular weight is 254 g/mol. The van der Waals surface area contributed by atoms with Crippen LogP contribution in [-0.4, -0.2) is 35.8 Å². The molecule has 0 saturated heterocycles. The molecule has 0 aliphatic heterocycles. The first-order chi connectivity index (χ1) is 8.04. The fourth-order valence-electron chi connectivity index (χ4n) is 1.42. The molecule has 0 bridgehead atoms. The molecule has 1 aromatic heterocycles. The third-order valence-electron chi connectivity index (χ3n) is 2.19. The SMILES string of the molecule is CCN(CC(=O)NC(C)C)C(=O)c1cccs1. The molecule has 0 aromatic carbocycles. The summed E-state index contributed by atoms with van der Waals surface area (Å²) in [6.07, 6.45) is 0. The Morgan fingerprint density at radius 3 is 2.65 bits per heavy atom. The van der Waals surface area contributed by atoms with Crippen LogP contribution in [0.15, 0.2) is 17.5 Å². The number of likely N-dealkylation sites (N-methyl/N-ethyl adjacent to an activating group) is 1. The molecule has 4 nitrogen and oxygen atoms in total. The Balaban J connectivity index is 2.60. The van der Waals surface area contributed by atoms with Crippen molar-refractivity contribution in [2.24, 2.45) is 0 Å². The molecule has 94 valence electrons. The highest BCUT2D eigenvalue weighted by Gasteiger charge is 2.18. The van der Waals surface area contributed by atoms with Crippen LogP contribution >= 0.6 is 11.3 Å². The molecule has 1 aromatic rings. The van der Waals surface area contributed by atoms with E-state index in [1.807, 2.05) is 32.2 Å². The first-order valence-corrected chi connectivity index (χ1v) is 6.54. The number of rotatable bonds is 5. The van der Waals surface area contributed by atoms with Gasteiger partial charge in [0.15, 0.2) is 0 Å². The molecule has 0 spiro atoms. The van der Waals surface area contributed by atoms with E-state index in [9.17, 15) is 9.59 Å². The largest absolute Gasteiger partial charge is 0.352 e. The second kappa shape index (κ2) is 6.39. The number of nitrogens with zero attached hydrogens (tertiary/aromatic N) is 1. The second-order valence-electron chi connectivity index (χ2n) is 4.02. The highest BCUT2D eigenvalue weighted by Crippen LogP contribution is 2.11. The maximum absolute atomic E-state index is 12.0. The van der Waals surface area contributed by atoms with E-state index in [0.717, 1.165) is 0 Å². The lowest BCUT2D eigenvalue weighted by Gasteiger charge is -2.20. The van der Waals surface area contributed by atoms with Gasteiger partial charge in [-0.2, -0.15) is 0 Å². The fraction of sp³-hybridized carbons (Fsp3) is 0.500. The molecule has 0 atom stereocenters. The van der Waals surface area contributed by atoms with Gasteiger partial charge in [0.2, 0.25) is 5.91 Å². The van der Waals surface area contributed by atoms with Crippen molar-refractivity contribution in [1.82, 2.24) is 10.2 Å². The van der Waals surface area contributed by atoms with Crippen molar-refractivity contribution < 1.29 is 9.59 Å². The van der Waals surface area contributed by atoms with Gasteiger partial charge in [0, 0.05) is 12.6 Å². The Bertz CT molecular complexity index is 374. The van der Waals surface area contributed by atoms with Crippen LogP contribution in [-0.2, 0) is 4.79 Å². The van der Waals surface area contributed by atoms with E-state index >= 15 is 0 Å². The second-order valence-corrected chi connectivity index (χ2v) is 4.97. The van der Waals surface area contributed by atoms with Crippen molar-refractivity contribution >= 4 is 23.2 Å². The Labute approximate surface area is 106 Å². The number of hydrogen-bond donors (Lipinski definition) is 1. The molecular formula is C12H18N2O2S. The first-order valence-electron chi connectivity index (χ1n) is 5.66. The Kier molecular flexibility index (Phi) is 5.15. The van der Waals surface area contributed by atoms with Gasteiger partial charge in [-0.15, -0.1) is 11.3 Å². The molecule has 0 radical (unpaired) electrons. The molecular weight excluding hydrogens is 236 g/mol. The number of nitrogens with one attached hydrogen (secondary N) is 1. The van der Waals surface area contributed by atoms with Gasteiger partial charge in [0.1, 0.15) is 0 Å². The summed E-state index contributed by atoms with van der Waals surface area (Å²) in [6, 6.07) is 3.70. The van der Waals surface area contributed by atoms with Gasteiger partial charge < -0.3 is 10.2 Å². The molecule has 1 heterocycles. The van der Waals surface area contributed by atoms with Crippen LogP contribution < -0.4 is 5.32 Å². The van der Waals surface area contributed by atoms with Crippen LogP contribution in [0.3, 0.4) is 0 Å². The van der Waals surface area contributed by atoms with Crippen LogP contribution in [0.1, 0.15) is 30.4 Å². The predicted molar refractivity (Wildman–Crippen MR) is 69.2 cm³/mol. The van der Waals surface area contributed by atoms with Gasteiger partial charge in [-0.1, -0.05) is 6.07 Å². The van der Waals surface area contributed by atoms with Crippen molar-refractivity contribution in [1.29, 1.82) is 0 Å². The fourth-order valence-corrected chi connectivity index (χ4v) is 2.12. The minimum atomic E-state index is -0.119. The maximum Gasteiger partial charge on any atom is 0.264 e. The number of carbonyl (C=O) groups is 2. The van der Waals surface area contributed by atoms with Gasteiger partial charge in [-0.3, -0.25) is 9.59 Å². The summed E-state index contributed by atoms with van der Waals surface area (Å²) in [5.74, 6) is -0.201. The van der Waals surface area contributed by atoms with Gasteiger partial charge in [-0.05, 0) is 32.2 Å².